The molecule has 1 radical (unpaired) electrons. The van der Waals surface area contributed by atoms with Gasteiger partial charge in [0.25, 0.3) is 0 Å². The van der Waals surface area contributed by atoms with Gasteiger partial charge in [-0.05, 0) is 0 Å². The van der Waals surface area contributed by atoms with Crippen LogP contribution in [0.2, 0.25) is 0 Å². The van der Waals surface area contributed by atoms with Gasteiger partial charge in [0.1, 0.15) is 0 Å². The molecule has 0 saturated heterocycles. The average molecular weight is 167 g/mol. The minimum atomic E-state index is -5.09. The topological polar surface area (TPSA) is 92.7 Å². The molecule has 0 atom stereocenters. The first kappa shape index (κ1) is 10.5. The van der Waals surface area contributed by atoms with Gasteiger partial charge in [-0.3, -0.25) is 0 Å². The Kier molecular flexibility index (Phi) is 5.39. The molecule has 0 fully saturated rings. The maximum atomic E-state index is 9.00. The van der Waals surface area contributed by atoms with Crippen LogP contribution in [0, 0.1) is 0 Å². The Labute approximate surface area is 49.9 Å². The Balaban J connectivity index is 0. The van der Waals surface area contributed by atoms with Crippen LogP contribution in [0.1, 0.15) is 0 Å². The predicted molar refractivity (Wildman–Crippen MR) is 11.3 cm³/mol. The van der Waals surface area contributed by atoms with Gasteiger partial charge < -0.3 is 14.4 Å². The fraction of sp³-hybridized carbons (Fsp3) is 0. The van der Waals surface area contributed by atoms with Crippen molar-refractivity contribution in [3.05, 3.63) is 0 Å². The summed E-state index contributed by atoms with van der Waals surface area (Å²) >= 11 is 0. The SMILES string of the molecule is O=P([O-])([O-])OO.[Mn+2]. The van der Waals surface area contributed by atoms with Gasteiger partial charge in [-0.2, -0.15) is 0 Å². The minimum Gasteiger partial charge on any atom is -0.788 e. The van der Waals surface area contributed by atoms with Gasteiger partial charge in [-0.1, -0.05) is 0 Å². The third-order valence-corrected chi connectivity index (χ3v) is 0.300. The zero-order valence-electron chi connectivity index (χ0n) is 2.91. The zero-order valence-corrected chi connectivity index (χ0v) is 4.98. The van der Waals surface area contributed by atoms with Gasteiger partial charge >= 0.3 is 17.1 Å². The summed E-state index contributed by atoms with van der Waals surface area (Å²) < 4.78 is 11.4. The van der Waals surface area contributed by atoms with E-state index in [9.17, 15) is 0 Å². The van der Waals surface area contributed by atoms with Gasteiger partial charge in [0, 0.05) is 0 Å². The third kappa shape index (κ3) is 10.8. The summed E-state index contributed by atoms with van der Waals surface area (Å²) in [6.45, 7) is 0. The molecule has 0 aromatic rings. The standard InChI is InChI=1S/Mn.H3O5P/c;1-5-6(2,3)4/h;1H,(H2,2,3,4)/q+2;/p-2. The van der Waals surface area contributed by atoms with Crippen molar-refractivity contribution >= 4 is 7.82 Å². The first-order valence-corrected chi connectivity index (χ1v) is 2.37. The van der Waals surface area contributed by atoms with Crippen LogP contribution in [-0.2, 0) is 26.3 Å². The summed E-state index contributed by atoms with van der Waals surface area (Å²) in [6, 6.07) is 0. The molecule has 0 aliphatic rings. The largest absolute Gasteiger partial charge is 2.00 e. The Morgan fingerprint density at radius 2 is 1.71 bits per heavy atom. The molecule has 7 heteroatoms. The molecule has 5 nitrogen and oxygen atoms in total. The van der Waals surface area contributed by atoms with Gasteiger partial charge in [-0.25, -0.2) is 9.93 Å². The summed E-state index contributed by atoms with van der Waals surface area (Å²) in [5, 5.41) is 7.01. The summed E-state index contributed by atoms with van der Waals surface area (Å²) in [4.78, 5) is 18.0. The molecule has 0 aromatic heterocycles. The van der Waals surface area contributed by atoms with E-state index in [1.54, 1.807) is 0 Å². The summed E-state index contributed by atoms with van der Waals surface area (Å²) in [7, 11) is -5.09. The molecule has 7 heavy (non-hydrogen) atoms. The fourth-order valence-electron chi connectivity index (χ4n) is 0. The normalized spacial score (nSPS) is 10.1. The fourth-order valence-corrected chi connectivity index (χ4v) is 0. The van der Waals surface area contributed by atoms with Crippen LogP contribution in [0.15, 0.2) is 0 Å². The molecule has 0 saturated carbocycles. The van der Waals surface area contributed by atoms with E-state index in [0.717, 1.165) is 0 Å². The number of rotatable bonds is 1. The van der Waals surface area contributed by atoms with Gasteiger partial charge in [0.15, 0.2) is 0 Å². The first-order chi connectivity index (χ1) is 2.56. The second kappa shape index (κ2) is 3.57. The summed E-state index contributed by atoms with van der Waals surface area (Å²) in [6.07, 6.45) is 0. The van der Waals surface area contributed by atoms with Crippen LogP contribution in [0.25, 0.3) is 0 Å². The third-order valence-electron chi connectivity index (χ3n) is 0.100. The van der Waals surface area contributed by atoms with Crippen LogP contribution in [0.3, 0.4) is 0 Å². The molecule has 1 N–H and O–H groups in total. The molecule has 0 heterocycles. The van der Waals surface area contributed by atoms with Crippen molar-refractivity contribution in [1.82, 2.24) is 0 Å². The van der Waals surface area contributed by atoms with E-state index in [2.05, 4.69) is 4.67 Å². The molecule has 43 valence electrons. The van der Waals surface area contributed by atoms with Gasteiger partial charge in [-0.15, -0.1) is 0 Å². The van der Waals surface area contributed by atoms with E-state index in [1.165, 1.54) is 0 Å². The molecule has 0 rings (SSSR count). The molecule has 0 spiro atoms. The van der Waals surface area contributed by atoms with Gasteiger partial charge in [0.2, 0.25) is 0 Å². The van der Waals surface area contributed by atoms with E-state index in [-0.39, 0.29) is 17.1 Å². The minimum absolute atomic E-state index is 0. The quantitative estimate of drug-likeness (QED) is 0.217. The monoisotopic (exact) mass is 167 g/mol. The second-order valence-electron chi connectivity index (χ2n) is 0.529. The number of hydrogen-bond acceptors (Lipinski definition) is 5. The van der Waals surface area contributed by atoms with Crippen LogP contribution < -0.4 is 9.79 Å². The van der Waals surface area contributed by atoms with Gasteiger partial charge in [0.05, 0.1) is 7.82 Å². The molecule has 0 aliphatic carbocycles. The average Bonchev–Trinajstić information content (AvgIpc) is 1.35. The molecule has 0 bridgehead atoms. The summed E-state index contributed by atoms with van der Waals surface area (Å²) in [5.74, 6) is 0. The summed E-state index contributed by atoms with van der Waals surface area (Å²) in [5.41, 5.74) is 0. The van der Waals surface area contributed by atoms with Crippen LogP contribution >= 0.6 is 7.82 Å². The van der Waals surface area contributed by atoms with E-state index in [1.807, 2.05) is 0 Å². The Bertz CT molecular complexity index is 72.1. The molecular formula is HMnO5P. The number of phosphoric acid groups is 1. The molecule has 0 aliphatic heterocycles. The molecular weight excluding hydrogens is 166 g/mol. The van der Waals surface area contributed by atoms with Crippen molar-refractivity contribution in [3.63, 3.8) is 0 Å². The maximum Gasteiger partial charge on any atom is 2.00 e. The molecule has 0 aromatic carbocycles. The molecule has 0 amide bonds. The van der Waals surface area contributed by atoms with Crippen molar-refractivity contribution in [2.75, 3.05) is 0 Å². The van der Waals surface area contributed by atoms with Crippen LogP contribution in [-0.4, -0.2) is 5.26 Å². The number of hydrogen-bond donors (Lipinski definition) is 1. The molecule has 0 unspecified atom stereocenters. The zero-order chi connectivity index (χ0) is 5.21. The smallest absolute Gasteiger partial charge is 0.788 e. The van der Waals surface area contributed by atoms with Crippen LogP contribution in [0.5, 0.6) is 0 Å². The van der Waals surface area contributed by atoms with E-state index in [4.69, 9.17) is 19.6 Å². The van der Waals surface area contributed by atoms with Crippen molar-refractivity contribution < 1.29 is 41.4 Å². The van der Waals surface area contributed by atoms with Crippen LogP contribution in [0.4, 0.5) is 0 Å². The van der Waals surface area contributed by atoms with Crippen molar-refractivity contribution in [3.8, 4) is 0 Å². The first-order valence-electron chi connectivity index (χ1n) is 0.913. The Morgan fingerprint density at radius 3 is 1.71 bits per heavy atom. The van der Waals surface area contributed by atoms with Crippen molar-refractivity contribution in [1.29, 1.82) is 0 Å². The van der Waals surface area contributed by atoms with Crippen molar-refractivity contribution in [2.24, 2.45) is 0 Å². The van der Waals surface area contributed by atoms with E-state index < -0.39 is 7.82 Å². The Hall–Kier alpha value is 0.589. The maximum absolute atomic E-state index is 9.00. The second-order valence-corrected chi connectivity index (χ2v) is 1.59. The van der Waals surface area contributed by atoms with E-state index in [0.29, 0.717) is 0 Å². The van der Waals surface area contributed by atoms with Crippen molar-refractivity contribution in [2.45, 2.75) is 0 Å². The Morgan fingerprint density at radius 1 is 1.57 bits per heavy atom. The van der Waals surface area contributed by atoms with E-state index >= 15 is 0 Å². The predicted octanol–water partition coefficient (Wildman–Crippen LogP) is -1.70.